The summed E-state index contributed by atoms with van der Waals surface area (Å²) in [6, 6.07) is 3.70. The summed E-state index contributed by atoms with van der Waals surface area (Å²) < 4.78 is 14.3. The first-order valence-electron chi connectivity index (χ1n) is 6.55. The van der Waals surface area contributed by atoms with Gasteiger partial charge in [0, 0.05) is 23.5 Å². The van der Waals surface area contributed by atoms with E-state index < -0.39 is 17.8 Å². The Morgan fingerprint density at radius 3 is 2.67 bits per heavy atom. The van der Waals surface area contributed by atoms with E-state index in [2.05, 4.69) is 21.2 Å². The van der Waals surface area contributed by atoms with Gasteiger partial charge in [-0.3, -0.25) is 4.79 Å². The van der Waals surface area contributed by atoms with Crippen molar-refractivity contribution in [2.24, 2.45) is 0 Å². The zero-order valence-corrected chi connectivity index (χ0v) is 13.5. The Hall–Kier alpha value is -1.63. The molecule has 0 aliphatic heterocycles. The van der Waals surface area contributed by atoms with E-state index in [4.69, 9.17) is 5.11 Å². The lowest BCUT2D eigenvalue weighted by Crippen LogP contribution is -2.41. The van der Waals surface area contributed by atoms with Crippen molar-refractivity contribution in [1.29, 1.82) is 0 Å². The van der Waals surface area contributed by atoms with E-state index in [1.165, 1.54) is 23.1 Å². The van der Waals surface area contributed by atoms with Crippen LogP contribution >= 0.6 is 15.9 Å². The second kappa shape index (κ2) is 7.97. The lowest BCUT2D eigenvalue weighted by atomic mass is 10.2. The number of aliphatic carboxylic acids is 1. The monoisotopic (exact) mass is 360 g/mol. The number of nitrogens with zero attached hydrogens (tertiary/aromatic N) is 1. The number of amides is 2. The number of hydrogen-bond donors (Lipinski definition) is 2. The maximum Gasteiger partial charge on any atom is 0.322 e. The molecule has 0 unspecified atom stereocenters. The van der Waals surface area contributed by atoms with Crippen LogP contribution in [0.5, 0.6) is 0 Å². The van der Waals surface area contributed by atoms with Gasteiger partial charge in [0.05, 0.1) is 5.69 Å². The number of carbonyl (C=O) groups is 2. The number of halogens is 2. The molecule has 0 bridgehead atoms. The minimum Gasteiger partial charge on any atom is -0.481 e. The Labute approximate surface area is 131 Å². The van der Waals surface area contributed by atoms with Crippen molar-refractivity contribution in [2.75, 3.05) is 11.9 Å². The first kappa shape index (κ1) is 17.4. The van der Waals surface area contributed by atoms with E-state index in [-0.39, 0.29) is 18.2 Å². The Morgan fingerprint density at radius 2 is 2.10 bits per heavy atom. The molecule has 2 N–H and O–H groups in total. The average Bonchev–Trinajstić information content (AvgIpc) is 2.38. The van der Waals surface area contributed by atoms with Crippen LogP contribution in [-0.2, 0) is 4.79 Å². The predicted molar refractivity (Wildman–Crippen MR) is 81.8 cm³/mol. The molecule has 0 saturated heterocycles. The van der Waals surface area contributed by atoms with Gasteiger partial charge < -0.3 is 15.3 Å². The quantitative estimate of drug-likeness (QED) is 0.812. The van der Waals surface area contributed by atoms with Crippen molar-refractivity contribution in [2.45, 2.75) is 32.7 Å². The number of hydrogen-bond acceptors (Lipinski definition) is 2. The summed E-state index contributed by atoms with van der Waals surface area (Å²) in [6.07, 6.45) is 0.337. The lowest BCUT2D eigenvalue weighted by Gasteiger charge is -2.27. The summed E-state index contributed by atoms with van der Waals surface area (Å²) in [7, 11) is 0. The molecule has 1 aromatic carbocycles. The molecule has 116 valence electrons. The van der Waals surface area contributed by atoms with E-state index >= 15 is 0 Å². The van der Waals surface area contributed by atoms with E-state index in [0.29, 0.717) is 17.4 Å². The number of urea groups is 1. The molecular formula is C14H18BrFN2O3. The number of anilines is 1. The second-order valence-electron chi connectivity index (χ2n) is 4.84. The first-order valence-corrected chi connectivity index (χ1v) is 7.35. The SMILES string of the molecule is CC(C)N(CCCC(=O)O)C(=O)Nc1cc(Br)ccc1F. The maximum atomic E-state index is 13.6. The second-order valence-corrected chi connectivity index (χ2v) is 5.75. The van der Waals surface area contributed by atoms with E-state index in [1.54, 1.807) is 0 Å². The summed E-state index contributed by atoms with van der Waals surface area (Å²) >= 11 is 3.21. The van der Waals surface area contributed by atoms with E-state index in [0.717, 1.165) is 0 Å². The summed E-state index contributed by atoms with van der Waals surface area (Å²) in [4.78, 5) is 24.2. The van der Waals surface area contributed by atoms with Crippen LogP contribution in [0.3, 0.4) is 0 Å². The van der Waals surface area contributed by atoms with Gasteiger partial charge in [0.25, 0.3) is 0 Å². The zero-order valence-electron chi connectivity index (χ0n) is 11.9. The number of rotatable bonds is 6. The number of carboxylic acid groups (broad SMARTS) is 1. The molecule has 5 nitrogen and oxygen atoms in total. The molecule has 7 heteroatoms. The highest BCUT2D eigenvalue weighted by atomic mass is 79.9. The molecule has 0 aliphatic carbocycles. The van der Waals surface area contributed by atoms with Crippen LogP contribution in [0.15, 0.2) is 22.7 Å². The standard InChI is InChI=1S/C14H18BrFN2O3/c1-9(2)18(7-3-4-13(19)20)14(21)17-12-8-10(15)5-6-11(12)16/h5-6,8-9H,3-4,7H2,1-2H3,(H,17,21)(H,19,20). The molecular weight excluding hydrogens is 343 g/mol. The van der Waals surface area contributed by atoms with Crippen molar-refractivity contribution in [1.82, 2.24) is 4.90 Å². The van der Waals surface area contributed by atoms with Crippen molar-refractivity contribution < 1.29 is 19.1 Å². The summed E-state index contributed by atoms with van der Waals surface area (Å²) in [5.74, 6) is -1.43. The van der Waals surface area contributed by atoms with Crippen molar-refractivity contribution in [3.8, 4) is 0 Å². The molecule has 0 fully saturated rings. The third-order valence-corrected chi connectivity index (χ3v) is 3.34. The van der Waals surface area contributed by atoms with Crippen molar-refractivity contribution in [3.05, 3.63) is 28.5 Å². The molecule has 0 heterocycles. The minimum atomic E-state index is -0.905. The van der Waals surface area contributed by atoms with Crippen LogP contribution in [0.2, 0.25) is 0 Å². The first-order chi connectivity index (χ1) is 9.81. The molecule has 0 saturated carbocycles. The molecule has 21 heavy (non-hydrogen) atoms. The predicted octanol–water partition coefficient (Wildman–Crippen LogP) is 3.70. The highest BCUT2D eigenvalue weighted by Crippen LogP contribution is 2.20. The van der Waals surface area contributed by atoms with Crippen molar-refractivity contribution in [3.63, 3.8) is 0 Å². The lowest BCUT2D eigenvalue weighted by molar-refractivity contribution is -0.137. The van der Waals surface area contributed by atoms with Crippen LogP contribution < -0.4 is 5.32 Å². The molecule has 1 rings (SSSR count). The van der Waals surface area contributed by atoms with Gasteiger partial charge in [0.2, 0.25) is 0 Å². The molecule has 0 aliphatic rings. The summed E-state index contributed by atoms with van der Waals surface area (Å²) in [5.41, 5.74) is 0.0817. The number of benzene rings is 1. The molecule has 0 atom stereocenters. The molecule has 1 aromatic rings. The molecule has 0 radical (unpaired) electrons. The fourth-order valence-electron chi connectivity index (χ4n) is 1.78. The number of carbonyl (C=O) groups excluding carboxylic acids is 1. The Kier molecular flexibility index (Phi) is 6.61. The maximum absolute atomic E-state index is 13.6. The largest absolute Gasteiger partial charge is 0.481 e. The topological polar surface area (TPSA) is 69.6 Å². The molecule has 2 amide bonds. The van der Waals surface area contributed by atoms with Gasteiger partial charge >= 0.3 is 12.0 Å². The summed E-state index contributed by atoms with van der Waals surface area (Å²) in [5, 5.41) is 11.1. The highest BCUT2D eigenvalue weighted by Gasteiger charge is 2.18. The van der Waals surface area contributed by atoms with Gasteiger partial charge in [0.1, 0.15) is 5.82 Å². The fourth-order valence-corrected chi connectivity index (χ4v) is 2.14. The molecule has 0 spiro atoms. The summed E-state index contributed by atoms with van der Waals surface area (Å²) in [6.45, 7) is 3.93. The van der Waals surface area contributed by atoms with Crippen molar-refractivity contribution >= 4 is 33.6 Å². The van der Waals surface area contributed by atoms with Crippen LogP contribution in [0.25, 0.3) is 0 Å². The van der Waals surface area contributed by atoms with Gasteiger partial charge in [-0.15, -0.1) is 0 Å². The zero-order chi connectivity index (χ0) is 16.0. The number of nitrogens with one attached hydrogen (secondary N) is 1. The van der Waals surface area contributed by atoms with Gasteiger partial charge in [-0.25, -0.2) is 9.18 Å². The highest BCUT2D eigenvalue weighted by molar-refractivity contribution is 9.10. The van der Waals surface area contributed by atoms with Gasteiger partial charge in [-0.2, -0.15) is 0 Å². The third kappa shape index (κ3) is 5.71. The van der Waals surface area contributed by atoms with Crippen LogP contribution in [-0.4, -0.2) is 34.6 Å². The van der Waals surface area contributed by atoms with Gasteiger partial charge in [0.15, 0.2) is 0 Å². The van der Waals surface area contributed by atoms with Crippen LogP contribution in [0, 0.1) is 5.82 Å². The third-order valence-electron chi connectivity index (χ3n) is 2.84. The van der Waals surface area contributed by atoms with Crippen LogP contribution in [0.1, 0.15) is 26.7 Å². The van der Waals surface area contributed by atoms with E-state index in [9.17, 15) is 14.0 Å². The average molecular weight is 361 g/mol. The van der Waals surface area contributed by atoms with Gasteiger partial charge in [-0.1, -0.05) is 15.9 Å². The molecule has 0 aromatic heterocycles. The fraction of sp³-hybridized carbons (Fsp3) is 0.429. The Morgan fingerprint density at radius 1 is 1.43 bits per heavy atom. The van der Waals surface area contributed by atoms with Gasteiger partial charge in [-0.05, 0) is 38.5 Å². The van der Waals surface area contributed by atoms with Crippen LogP contribution in [0.4, 0.5) is 14.9 Å². The Bertz CT molecular complexity index is 523. The minimum absolute atomic E-state index is 0.0122. The Balaban J connectivity index is 2.72. The normalized spacial score (nSPS) is 10.5. The smallest absolute Gasteiger partial charge is 0.322 e. The number of carboxylic acids is 1. The van der Waals surface area contributed by atoms with E-state index in [1.807, 2.05) is 13.8 Å².